The van der Waals surface area contributed by atoms with E-state index in [1.54, 1.807) is 0 Å². The van der Waals surface area contributed by atoms with E-state index in [9.17, 15) is 5.11 Å². The molecule has 1 N–H and O–H groups in total. The van der Waals surface area contributed by atoms with Gasteiger partial charge in [0.2, 0.25) is 0 Å². The van der Waals surface area contributed by atoms with Gasteiger partial charge in [0.1, 0.15) is 5.60 Å². The number of benzene rings is 1. The Hall–Kier alpha value is -1.23. The molecule has 0 unspecified atom stereocenters. The van der Waals surface area contributed by atoms with E-state index in [4.69, 9.17) is 0 Å². The van der Waals surface area contributed by atoms with Crippen LogP contribution in [0.25, 0.3) is 0 Å². The number of aliphatic hydroxyl groups is 1. The Bertz CT molecular complexity index is 600. The zero-order valence-corrected chi connectivity index (χ0v) is 12.1. The number of likely N-dealkylation sites (tertiary alicyclic amines) is 1. The Labute approximate surface area is 122 Å². The highest BCUT2D eigenvalue weighted by atomic mass is 32.1. The van der Waals surface area contributed by atoms with Crippen LogP contribution in [0.15, 0.2) is 36.5 Å². The summed E-state index contributed by atoms with van der Waals surface area (Å²) < 4.78 is 0. The zero-order chi connectivity index (χ0) is 13.6. The van der Waals surface area contributed by atoms with Gasteiger partial charge >= 0.3 is 0 Å². The van der Waals surface area contributed by atoms with Gasteiger partial charge < -0.3 is 5.11 Å². The standard InChI is InChI=1S/C16H18N2OS/c19-16(13-4-2-1-3-5-13)10-18(11-16)9-14-8-17-15(20-14)12-6-7-12/h1-5,8,12,19H,6-7,9-11H2. The van der Waals surface area contributed by atoms with Crippen LogP contribution in [0.1, 0.15) is 34.2 Å². The summed E-state index contributed by atoms with van der Waals surface area (Å²) in [5.74, 6) is 0.742. The largest absolute Gasteiger partial charge is 0.382 e. The van der Waals surface area contributed by atoms with E-state index in [0.717, 1.165) is 18.0 Å². The van der Waals surface area contributed by atoms with Crippen molar-refractivity contribution in [3.05, 3.63) is 52.0 Å². The first-order chi connectivity index (χ1) is 9.73. The average molecular weight is 286 g/mol. The SMILES string of the molecule is OC1(c2ccccc2)CN(Cc2cnc(C3CC3)s2)C1. The van der Waals surface area contributed by atoms with E-state index in [0.29, 0.717) is 13.1 Å². The molecule has 2 heterocycles. The van der Waals surface area contributed by atoms with E-state index in [1.165, 1.54) is 22.7 Å². The Morgan fingerprint density at radius 2 is 2.00 bits per heavy atom. The number of nitrogens with zero attached hydrogens (tertiary/aromatic N) is 2. The fraction of sp³-hybridized carbons (Fsp3) is 0.438. The van der Waals surface area contributed by atoms with Gasteiger partial charge in [0.25, 0.3) is 0 Å². The van der Waals surface area contributed by atoms with Crippen LogP contribution in [0.3, 0.4) is 0 Å². The van der Waals surface area contributed by atoms with Crippen LogP contribution >= 0.6 is 11.3 Å². The van der Waals surface area contributed by atoms with E-state index in [-0.39, 0.29) is 0 Å². The third kappa shape index (κ3) is 2.28. The molecule has 1 saturated carbocycles. The van der Waals surface area contributed by atoms with Crippen molar-refractivity contribution in [3.63, 3.8) is 0 Å². The number of β-amino-alcohol motifs (C(OH)–C–C–N with tert-alkyl or cyclic N) is 1. The minimum Gasteiger partial charge on any atom is -0.382 e. The molecule has 0 spiro atoms. The van der Waals surface area contributed by atoms with Crippen LogP contribution in [0.2, 0.25) is 0 Å². The molecule has 104 valence electrons. The fourth-order valence-electron chi connectivity index (χ4n) is 2.87. The topological polar surface area (TPSA) is 36.4 Å². The van der Waals surface area contributed by atoms with Gasteiger partial charge in [0.05, 0.1) is 5.01 Å². The van der Waals surface area contributed by atoms with Crippen LogP contribution in [-0.4, -0.2) is 28.1 Å². The molecule has 20 heavy (non-hydrogen) atoms. The minimum absolute atomic E-state index is 0.661. The molecule has 0 amide bonds. The summed E-state index contributed by atoms with van der Waals surface area (Å²) in [7, 11) is 0. The van der Waals surface area contributed by atoms with Crippen molar-refractivity contribution in [2.75, 3.05) is 13.1 Å². The summed E-state index contributed by atoms with van der Waals surface area (Å²) in [6, 6.07) is 9.98. The van der Waals surface area contributed by atoms with Crippen molar-refractivity contribution in [1.82, 2.24) is 9.88 Å². The van der Waals surface area contributed by atoms with Crippen molar-refractivity contribution >= 4 is 11.3 Å². The summed E-state index contributed by atoms with van der Waals surface area (Å²) in [6.07, 6.45) is 4.63. The molecular formula is C16H18N2OS. The molecule has 2 aliphatic rings. The summed E-state index contributed by atoms with van der Waals surface area (Å²) in [5.41, 5.74) is 0.366. The molecule has 1 aromatic carbocycles. The van der Waals surface area contributed by atoms with Crippen LogP contribution < -0.4 is 0 Å². The summed E-state index contributed by atoms with van der Waals surface area (Å²) >= 11 is 1.84. The van der Waals surface area contributed by atoms with Crippen molar-refractivity contribution in [2.45, 2.75) is 30.9 Å². The van der Waals surface area contributed by atoms with Gasteiger partial charge in [-0.15, -0.1) is 11.3 Å². The molecule has 0 atom stereocenters. The second-order valence-electron chi connectivity index (χ2n) is 5.98. The molecule has 0 radical (unpaired) electrons. The van der Waals surface area contributed by atoms with Crippen LogP contribution in [0, 0.1) is 0 Å². The number of hydrogen-bond donors (Lipinski definition) is 1. The molecule has 1 aliphatic heterocycles. The quantitative estimate of drug-likeness (QED) is 0.939. The predicted molar refractivity (Wildman–Crippen MR) is 79.7 cm³/mol. The van der Waals surface area contributed by atoms with Crippen molar-refractivity contribution in [2.24, 2.45) is 0 Å². The Kier molecular flexibility index (Phi) is 2.91. The predicted octanol–water partition coefficient (Wildman–Crippen LogP) is 2.72. The number of rotatable bonds is 4. The molecule has 1 aromatic heterocycles. The lowest BCUT2D eigenvalue weighted by molar-refractivity contribution is -0.107. The lowest BCUT2D eigenvalue weighted by Gasteiger charge is -2.46. The van der Waals surface area contributed by atoms with Gasteiger partial charge in [-0.05, 0) is 18.4 Å². The second kappa shape index (κ2) is 4.65. The van der Waals surface area contributed by atoms with Gasteiger partial charge in [0, 0.05) is 36.6 Å². The summed E-state index contributed by atoms with van der Waals surface area (Å²) in [4.78, 5) is 8.12. The highest BCUT2D eigenvalue weighted by Gasteiger charge is 2.42. The highest BCUT2D eigenvalue weighted by molar-refractivity contribution is 7.11. The van der Waals surface area contributed by atoms with Crippen LogP contribution in [0.5, 0.6) is 0 Å². The first-order valence-corrected chi connectivity index (χ1v) is 7.99. The summed E-state index contributed by atoms with van der Waals surface area (Å²) in [6.45, 7) is 2.35. The van der Waals surface area contributed by atoms with Crippen molar-refractivity contribution in [1.29, 1.82) is 0 Å². The molecule has 0 bridgehead atoms. The van der Waals surface area contributed by atoms with E-state index in [1.807, 2.05) is 47.9 Å². The fourth-order valence-corrected chi connectivity index (χ4v) is 4.00. The first kappa shape index (κ1) is 12.5. The normalized spacial score (nSPS) is 21.6. The molecule has 3 nitrogen and oxygen atoms in total. The van der Waals surface area contributed by atoms with Gasteiger partial charge in [-0.25, -0.2) is 4.98 Å². The van der Waals surface area contributed by atoms with Crippen LogP contribution in [-0.2, 0) is 12.1 Å². The van der Waals surface area contributed by atoms with Crippen LogP contribution in [0.4, 0.5) is 0 Å². The molecule has 1 aliphatic carbocycles. The third-order valence-corrected chi connectivity index (χ3v) is 5.30. The van der Waals surface area contributed by atoms with E-state index >= 15 is 0 Å². The Balaban J connectivity index is 1.38. The van der Waals surface area contributed by atoms with Gasteiger partial charge in [0.15, 0.2) is 0 Å². The lowest BCUT2D eigenvalue weighted by atomic mass is 9.86. The number of aromatic nitrogens is 1. The highest BCUT2D eigenvalue weighted by Crippen LogP contribution is 2.42. The maximum absolute atomic E-state index is 10.6. The number of hydrogen-bond acceptors (Lipinski definition) is 4. The minimum atomic E-state index is -0.661. The molecule has 2 fully saturated rings. The van der Waals surface area contributed by atoms with E-state index in [2.05, 4.69) is 9.88 Å². The molecule has 4 rings (SSSR count). The molecular weight excluding hydrogens is 268 g/mol. The lowest BCUT2D eigenvalue weighted by Crippen LogP contribution is -2.58. The maximum atomic E-state index is 10.6. The Morgan fingerprint density at radius 3 is 2.70 bits per heavy atom. The smallest absolute Gasteiger partial charge is 0.115 e. The monoisotopic (exact) mass is 286 g/mol. The molecule has 4 heteroatoms. The second-order valence-corrected chi connectivity index (χ2v) is 7.13. The molecule has 1 saturated heterocycles. The molecule has 2 aromatic rings. The van der Waals surface area contributed by atoms with Gasteiger partial charge in [-0.2, -0.15) is 0 Å². The van der Waals surface area contributed by atoms with Crippen molar-refractivity contribution in [3.8, 4) is 0 Å². The van der Waals surface area contributed by atoms with Crippen molar-refractivity contribution < 1.29 is 5.11 Å². The first-order valence-electron chi connectivity index (χ1n) is 7.18. The maximum Gasteiger partial charge on any atom is 0.115 e. The zero-order valence-electron chi connectivity index (χ0n) is 11.3. The van der Waals surface area contributed by atoms with E-state index < -0.39 is 5.60 Å². The van der Waals surface area contributed by atoms with Gasteiger partial charge in [-0.1, -0.05) is 30.3 Å². The average Bonchev–Trinajstić information content (AvgIpc) is 3.18. The summed E-state index contributed by atoms with van der Waals surface area (Å²) in [5, 5.41) is 11.9. The number of thiazole rings is 1. The van der Waals surface area contributed by atoms with Gasteiger partial charge in [-0.3, -0.25) is 4.90 Å². The Morgan fingerprint density at radius 1 is 1.25 bits per heavy atom. The third-order valence-electron chi connectivity index (χ3n) is 4.16.